The van der Waals surface area contributed by atoms with Crippen LogP contribution in [-0.2, 0) is 9.53 Å². The Morgan fingerprint density at radius 1 is 0.806 bits per heavy atom. The van der Waals surface area contributed by atoms with Crippen molar-refractivity contribution in [2.45, 2.75) is 127 Å². The Labute approximate surface area is 187 Å². The molecule has 5 N–H and O–H groups in total. The third-order valence-electron chi connectivity index (χ3n) is 5.86. The number of amides is 1. The lowest BCUT2D eigenvalue weighted by Gasteiger charge is -2.40. The molecular formula is C24H45NO6. The first-order chi connectivity index (χ1) is 15.0. The van der Waals surface area contributed by atoms with Gasteiger partial charge in [0.1, 0.15) is 24.4 Å². The van der Waals surface area contributed by atoms with Gasteiger partial charge < -0.3 is 30.5 Å². The summed E-state index contributed by atoms with van der Waals surface area (Å²) < 4.78 is 5.28. The van der Waals surface area contributed by atoms with Crippen LogP contribution in [0.1, 0.15) is 96.8 Å². The zero-order chi connectivity index (χ0) is 22.9. The van der Waals surface area contributed by atoms with Gasteiger partial charge in [-0.1, -0.05) is 76.9 Å². The van der Waals surface area contributed by atoms with Crippen molar-refractivity contribution in [2.24, 2.45) is 0 Å². The number of hydrogen-bond donors (Lipinski definition) is 5. The van der Waals surface area contributed by atoms with E-state index in [1.54, 1.807) is 0 Å². The van der Waals surface area contributed by atoms with Gasteiger partial charge in [0, 0.05) is 6.42 Å². The molecule has 0 aliphatic carbocycles. The molecule has 1 heterocycles. The lowest BCUT2D eigenvalue weighted by atomic mass is 9.98. The summed E-state index contributed by atoms with van der Waals surface area (Å²) in [6.45, 7) is 1.71. The molecule has 0 aromatic carbocycles. The Kier molecular flexibility index (Phi) is 15.9. The Balaban J connectivity index is 1.97. The van der Waals surface area contributed by atoms with Crippen molar-refractivity contribution in [3.63, 3.8) is 0 Å². The Morgan fingerprint density at radius 3 is 1.94 bits per heavy atom. The van der Waals surface area contributed by atoms with Crippen LogP contribution in [-0.4, -0.2) is 63.6 Å². The highest BCUT2D eigenvalue weighted by atomic mass is 16.6. The van der Waals surface area contributed by atoms with Gasteiger partial charge in [-0.2, -0.15) is 0 Å². The van der Waals surface area contributed by atoms with Crippen LogP contribution in [0, 0.1) is 0 Å². The monoisotopic (exact) mass is 443 g/mol. The fourth-order valence-corrected chi connectivity index (χ4v) is 3.79. The quantitative estimate of drug-likeness (QED) is 0.174. The molecule has 31 heavy (non-hydrogen) atoms. The molecule has 1 fully saturated rings. The highest BCUT2D eigenvalue weighted by Gasteiger charge is 2.43. The van der Waals surface area contributed by atoms with Gasteiger partial charge in [-0.15, -0.1) is 0 Å². The van der Waals surface area contributed by atoms with Gasteiger partial charge in [0.15, 0.2) is 6.23 Å². The second-order valence-electron chi connectivity index (χ2n) is 8.65. The average Bonchev–Trinajstić information content (AvgIpc) is 2.76. The van der Waals surface area contributed by atoms with Gasteiger partial charge >= 0.3 is 0 Å². The van der Waals surface area contributed by atoms with E-state index in [2.05, 4.69) is 24.4 Å². The summed E-state index contributed by atoms with van der Waals surface area (Å²) in [5.74, 6) is -0.270. The van der Waals surface area contributed by atoms with Crippen LogP contribution in [0.15, 0.2) is 12.2 Å². The largest absolute Gasteiger partial charge is 0.394 e. The first kappa shape index (κ1) is 28.0. The first-order valence-corrected chi connectivity index (χ1v) is 12.3. The molecule has 0 bridgehead atoms. The van der Waals surface area contributed by atoms with E-state index in [4.69, 9.17) is 4.74 Å². The third-order valence-corrected chi connectivity index (χ3v) is 5.86. The number of carbonyl (C=O) groups is 1. The maximum absolute atomic E-state index is 12.1. The van der Waals surface area contributed by atoms with E-state index in [1.807, 2.05) is 0 Å². The number of allylic oxidation sites excluding steroid dienone is 2. The molecule has 0 saturated carbocycles. The number of aliphatic hydroxyl groups is 4. The number of hydrogen-bond acceptors (Lipinski definition) is 6. The zero-order valence-electron chi connectivity index (χ0n) is 19.3. The minimum Gasteiger partial charge on any atom is -0.394 e. The van der Waals surface area contributed by atoms with Crippen LogP contribution < -0.4 is 5.32 Å². The van der Waals surface area contributed by atoms with Crippen molar-refractivity contribution in [3.05, 3.63) is 12.2 Å². The molecule has 0 aromatic heterocycles. The van der Waals surface area contributed by atoms with E-state index in [0.29, 0.717) is 6.42 Å². The summed E-state index contributed by atoms with van der Waals surface area (Å²) >= 11 is 0. The van der Waals surface area contributed by atoms with Crippen molar-refractivity contribution in [1.82, 2.24) is 5.32 Å². The van der Waals surface area contributed by atoms with Crippen LogP contribution >= 0.6 is 0 Å². The van der Waals surface area contributed by atoms with Crippen molar-refractivity contribution >= 4 is 5.91 Å². The summed E-state index contributed by atoms with van der Waals surface area (Å²) in [7, 11) is 0. The number of rotatable bonds is 17. The maximum Gasteiger partial charge on any atom is 0.222 e. The molecule has 7 nitrogen and oxygen atoms in total. The molecule has 1 aliphatic heterocycles. The molecule has 2 unspecified atom stereocenters. The van der Waals surface area contributed by atoms with E-state index in [9.17, 15) is 25.2 Å². The Hall–Kier alpha value is -0.990. The van der Waals surface area contributed by atoms with Crippen LogP contribution in [0.5, 0.6) is 0 Å². The number of unbranched alkanes of at least 4 members (excludes halogenated alkanes) is 11. The van der Waals surface area contributed by atoms with Crippen LogP contribution in [0.4, 0.5) is 0 Å². The summed E-state index contributed by atoms with van der Waals surface area (Å²) in [6, 6.07) is 0. The normalized spacial score (nSPS) is 26.4. The Morgan fingerprint density at radius 2 is 1.35 bits per heavy atom. The van der Waals surface area contributed by atoms with E-state index < -0.39 is 37.3 Å². The molecule has 1 amide bonds. The fourth-order valence-electron chi connectivity index (χ4n) is 3.79. The number of aliphatic hydroxyl groups excluding tert-OH is 4. The first-order valence-electron chi connectivity index (χ1n) is 12.3. The molecule has 1 rings (SSSR count). The van der Waals surface area contributed by atoms with E-state index in [0.717, 1.165) is 19.3 Å². The smallest absolute Gasteiger partial charge is 0.222 e. The van der Waals surface area contributed by atoms with Crippen molar-refractivity contribution < 1.29 is 30.0 Å². The second-order valence-corrected chi connectivity index (χ2v) is 8.65. The summed E-state index contributed by atoms with van der Waals surface area (Å²) in [4.78, 5) is 12.1. The van der Waals surface area contributed by atoms with Crippen LogP contribution in [0.3, 0.4) is 0 Å². The van der Waals surface area contributed by atoms with Crippen molar-refractivity contribution in [1.29, 1.82) is 0 Å². The van der Waals surface area contributed by atoms with Gasteiger partial charge in [-0.25, -0.2) is 0 Å². The van der Waals surface area contributed by atoms with Crippen molar-refractivity contribution in [3.8, 4) is 0 Å². The second kappa shape index (κ2) is 17.6. The van der Waals surface area contributed by atoms with Gasteiger partial charge in [0.25, 0.3) is 0 Å². The van der Waals surface area contributed by atoms with E-state index in [-0.39, 0.29) is 5.91 Å². The van der Waals surface area contributed by atoms with Gasteiger partial charge in [0.2, 0.25) is 5.91 Å². The molecule has 0 radical (unpaired) electrons. The van der Waals surface area contributed by atoms with Crippen LogP contribution in [0.2, 0.25) is 0 Å². The third kappa shape index (κ3) is 12.0. The molecule has 1 aliphatic rings. The van der Waals surface area contributed by atoms with E-state index in [1.165, 1.54) is 64.2 Å². The predicted molar refractivity (Wildman–Crippen MR) is 121 cm³/mol. The standard InChI is InChI=1S/C24H45NO6/c1-2-3-4-5-6-7-8-9-10-11-12-13-14-15-16-17-20(27)25-24-23(30)22(29)21(28)19(18-26)31-24/h5-6,19,21-24,26,28-30H,2-4,7-18H2,1H3,(H,25,27)/b6-5-/t19?,21-,22+,23?,24-/m1/s1. The lowest BCUT2D eigenvalue weighted by molar-refractivity contribution is -0.236. The highest BCUT2D eigenvalue weighted by molar-refractivity contribution is 5.76. The summed E-state index contributed by atoms with van der Waals surface area (Å²) in [6.07, 6.45) is 13.9. The minimum absolute atomic E-state index is 0.270. The molecule has 5 atom stereocenters. The summed E-state index contributed by atoms with van der Waals surface area (Å²) in [5.41, 5.74) is 0. The number of nitrogens with one attached hydrogen (secondary N) is 1. The highest BCUT2D eigenvalue weighted by Crippen LogP contribution is 2.20. The molecule has 1 saturated heterocycles. The average molecular weight is 444 g/mol. The number of ether oxygens (including phenoxy) is 1. The minimum atomic E-state index is -1.47. The van der Waals surface area contributed by atoms with Crippen LogP contribution in [0.25, 0.3) is 0 Å². The molecule has 0 aromatic rings. The molecule has 7 heteroatoms. The Bertz CT molecular complexity index is 485. The van der Waals surface area contributed by atoms with Gasteiger partial charge in [-0.05, 0) is 25.7 Å². The zero-order valence-corrected chi connectivity index (χ0v) is 19.3. The molecule has 0 spiro atoms. The topological polar surface area (TPSA) is 119 Å². The number of carbonyl (C=O) groups excluding carboxylic acids is 1. The molecular weight excluding hydrogens is 398 g/mol. The SMILES string of the molecule is CCCC/C=C\CCCCCCCCCCCC(=O)N[C@@H]1OC(CO)[C@@H](O)[C@H](O)C1O. The molecule has 182 valence electrons. The predicted octanol–water partition coefficient (Wildman–Crippen LogP) is 2.94. The maximum atomic E-state index is 12.1. The van der Waals surface area contributed by atoms with Gasteiger partial charge in [-0.3, -0.25) is 4.79 Å². The van der Waals surface area contributed by atoms with Gasteiger partial charge in [0.05, 0.1) is 6.61 Å². The van der Waals surface area contributed by atoms with E-state index >= 15 is 0 Å². The lowest BCUT2D eigenvalue weighted by Crippen LogP contribution is -2.63. The summed E-state index contributed by atoms with van der Waals surface area (Å²) in [5, 5.41) is 41.2. The fraction of sp³-hybridized carbons (Fsp3) is 0.875. The van der Waals surface area contributed by atoms with Crippen molar-refractivity contribution in [2.75, 3.05) is 6.61 Å².